The molecule has 2 fully saturated rings. The number of aryl methyl sites for hydroxylation is 1. The van der Waals surface area contributed by atoms with Gasteiger partial charge in [-0.2, -0.15) is 0 Å². The first-order chi connectivity index (χ1) is 49.6. The van der Waals surface area contributed by atoms with Crippen molar-refractivity contribution in [2.24, 2.45) is 41.2 Å². The Bertz CT molecular complexity index is 3330. The number of nitrogens with two attached hydrogens (primary N) is 1. The fourth-order valence-electron chi connectivity index (χ4n) is 10.6. The SMILES string of the molecule is CC(CC1C(=O)OC(=O)C1C)c1ccccc1.CCC(C)C.CCC(C)C(=O)O.CCC(C)c1ccc(CCl)cc1.CCC(C)c1ccc(S(=O)(=O)[O-])cc1.CCC(CC(C)c1ccncc1)c1cc[n+](CCCCCC(=O)O)cc1.CNC(CCCCN)C(C)=O.COC(C)CC1C(=O)OC(=O)C1C.[Na+]. The molecular weight excluding hydrogens is 1400 g/mol. The number of Topliss-reactive ketones (excluding diaryl/α,β-unsaturated/α-hetero) is 1. The van der Waals surface area contributed by atoms with E-state index in [4.69, 9.17) is 32.3 Å². The van der Waals surface area contributed by atoms with Crippen molar-refractivity contribution in [3.05, 3.63) is 161 Å². The number of hydrogen-bond donors (Lipinski definition) is 4. The van der Waals surface area contributed by atoms with Crippen molar-refractivity contribution in [2.75, 3.05) is 20.7 Å². The molecule has 2 aromatic heterocycles. The first-order valence-electron chi connectivity index (χ1n) is 37.7. The van der Waals surface area contributed by atoms with Gasteiger partial charge in [0.2, 0.25) is 0 Å². The molecule has 5 N–H and O–H groups in total. The maximum Gasteiger partial charge on any atom is 1.00 e. The number of ether oxygens (including phenoxy) is 3. The number of carboxylic acids is 2. The van der Waals surface area contributed by atoms with Crippen molar-refractivity contribution < 1.29 is 105 Å². The molecule has 0 bridgehead atoms. The van der Waals surface area contributed by atoms with E-state index in [1.165, 1.54) is 52.8 Å². The van der Waals surface area contributed by atoms with Crippen LogP contribution in [0, 0.1) is 35.5 Å². The van der Waals surface area contributed by atoms with Gasteiger partial charge in [0.15, 0.2) is 12.4 Å². The molecule has 19 nitrogen and oxygen atoms in total. The summed E-state index contributed by atoms with van der Waals surface area (Å²) >= 11 is 5.69. The summed E-state index contributed by atoms with van der Waals surface area (Å²) in [6.45, 7) is 34.0. The topological polar surface area (TPSA) is 300 Å². The molecule has 588 valence electrons. The molecule has 0 amide bonds. The Morgan fingerprint density at radius 2 is 1.10 bits per heavy atom. The fourth-order valence-corrected chi connectivity index (χ4v) is 11.3. The number of benzene rings is 3. The minimum Gasteiger partial charge on any atom is -0.744 e. The monoisotopic (exact) mass is 1520 g/mol. The van der Waals surface area contributed by atoms with Gasteiger partial charge in [0, 0.05) is 50.4 Å². The molecule has 4 heterocycles. The number of nitrogens with one attached hydrogen (secondary N) is 1. The molecular formula is C84H129ClN4NaO15S+. The summed E-state index contributed by atoms with van der Waals surface area (Å²) in [7, 11) is -0.907. The van der Waals surface area contributed by atoms with E-state index in [-0.39, 0.29) is 106 Å². The van der Waals surface area contributed by atoms with Crippen molar-refractivity contribution in [1.29, 1.82) is 0 Å². The van der Waals surface area contributed by atoms with Gasteiger partial charge in [-0.25, -0.2) is 13.0 Å². The fraction of sp³-hybridized carbons (Fsp3) is 0.583. The predicted octanol–water partition coefficient (Wildman–Crippen LogP) is 14.5. The Hall–Kier alpha value is -6.07. The number of alkyl halides is 1. The summed E-state index contributed by atoms with van der Waals surface area (Å²) < 4.78 is 48.2. The Balaban J connectivity index is 0. The first kappa shape index (κ1) is 102. The summed E-state index contributed by atoms with van der Waals surface area (Å²) in [4.78, 5) is 80.2. The average molecular weight is 1530 g/mol. The molecule has 2 aliphatic heterocycles. The zero-order valence-corrected chi connectivity index (χ0v) is 70.9. The molecule has 7 rings (SSSR count). The molecule has 0 aliphatic carbocycles. The van der Waals surface area contributed by atoms with Gasteiger partial charge in [-0.15, -0.1) is 11.6 Å². The Morgan fingerprint density at radius 1 is 0.623 bits per heavy atom. The van der Waals surface area contributed by atoms with Crippen molar-refractivity contribution in [3.8, 4) is 0 Å². The number of aromatic nitrogens is 2. The van der Waals surface area contributed by atoms with E-state index >= 15 is 0 Å². The van der Waals surface area contributed by atoms with Crippen LogP contribution in [-0.2, 0) is 70.3 Å². The number of aliphatic carboxylic acids is 2. The Morgan fingerprint density at radius 3 is 1.48 bits per heavy atom. The number of ketones is 1. The van der Waals surface area contributed by atoms with Crippen LogP contribution >= 0.6 is 11.6 Å². The second kappa shape index (κ2) is 58.0. The molecule has 12 unspecified atom stereocenters. The summed E-state index contributed by atoms with van der Waals surface area (Å²) in [5.41, 5.74) is 12.9. The van der Waals surface area contributed by atoms with E-state index in [0.717, 1.165) is 82.2 Å². The number of halogens is 1. The number of likely N-dealkylation sites (N-methyl/N-ethyl adjacent to an activating group) is 1. The van der Waals surface area contributed by atoms with E-state index in [1.54, 1.807) is 46.9 Å². The number of cyclic esters (lactones) is 4. The largest absolute Gasteiger partial charge is 1.00 e. The number of unbranched alkanes of at least 4 members (excludes halogenated alkanes) is 3. The number of esters is 4. The number of carboxylic acid groups (broad SMARTS) is 2. The molecule has 0 saturated carbocycles. The van der Waals surface area contributed by atoms with E-state index in [9.17, 15) is 46.5 Å². The summed E-state index contributed by atoms with van der Waals surface area (Å²) in [5, 5.41) is 19.8. The number of nitrogens with zero attached hydrogens (tertiary/aromatic N) is 2. The molecule has 2 aliphatic rings. The summed E-state index contributed by atoms with van der Waals surface area (Å²) in [6, 6.07) is 33.4. The van der Waals surface area contributed by atoms with E-state index in [0.29, 0.717) is 48.9 Å². The normalized spacial score (nSPS) is 17.1. The Kier molecular flexibility index (Phi) is 55.8. The van der Waals surface area contributed by atoms with Crippen LogP contribution < -0.4 is 45.2 Å². The van der Waals surface area contributed by atoms with Crippen LogP contribution in [0.4, 0.5) is 0 Å². The molecule has 2 saturated heterocycles. The van der Waals surface area contributed by atoms with E-state index < -0.39 is 34.0 Å². The number of pyridine rings is 2. The standard InChI is InChI=1S/C22H30N2O2.C14H16O3.C11H15Cl.C10H14O3S.C9H14O4.C8H18N2O.C5H10O2.C5H12.Na/c1-3-19(17-18(2)20-8-12-23-13-9-20)21-10-15-24(16-11-21)14-6-4-5-7-22(25)26;1-9(11-6-4-3-5-7-11)8-12-10(2)13(15)17-14(12)16;1-3-9(2)11-6-4-10(8-12)5-7-11;1-3-8(2)9-4-6-10(7-5-9)14(11,12)13;1-5(12-3)4-7-6(2)8(10)13-9(7)11;1-7(11)8(10-2)5-3-4-6-9;1-3-4(2)5(6)7;1-4-5(2)3;/h8-13,15-16,18-19H,3-7,14,17H2,1-2H3;3-7,9-10,12H,8H2,1-2H3;4-7,9H,3,8H2,1-2H3;4-8H,3H2,1-2H3,(H,11,12,13);5-7H,4H2,1-3H3;8,10H,3-6,9H2,1-2H3;4H,3H2,1-2H3,(H,6,7);5H,4H2,1-3H3;/q;;;;;;;;+1. The maximum atomic E-state index is 11.5. The third-order valence-electron chi connectivity index (χ3n) is 19.3. The second-order valence-electron chi connectivity index (χ2n) is 27.9. The Labute approximate surface area is 663 Å². The molecule has 106 heavy (non-hydrogen) atoms. The second-order valence-corrected chi connectivity index (χ2v) is 29.5. The first-order valence-corrected chi connectivity index (χ1v) is 39.6. The minimum atomic E-state index is -4.30. The van der Waals surface area contributed by atoms with Gasteiger partial charge in [-0.05, 0) is 191 Å². The average Bonchev–Trinajstić information content (AvgIpc) is 1.73. The quantitative estimate of drug-likeness (QED) is 0.00591. The third kappa shape index (κ3) is 42.6. The van der Waals surface area contributed by atoms with Crippen LogP contribution in [0.5, 0.6) is 0 Å². The smallest absolute Gasteiger partial charge is 0.744 e. The van der Waals surface area contributed by atoms with Gasteiger partial charge in [0.05, 0.1) is 46.6 Å². The molecule has 5 aromatic rings. The van der Waals surface area contributed by atoms with Crippen molar-refractivity contribution in [3.63, 3.8) is 0 Å². The summed E-state index contributed by atoms with van der Waals surface area (Å²) in [6.07, 6.45) is 21.7. The van der Waals surface area contributed by atoms with Crippen molar-refractivity contribution in [2.45, 2.75) is 266 Å². The van der Waals surface area contributed by atoms with E-state index in [1.807, 2.05) is 63.6 Å². The number of rotatable bonds is 32. The molecule has 0 radical (unpaired) electrons. The summed E-state index contributed by atoms with van der Waals surface area (Å²) in [5.74, 6) is -0.358. The van der Waals surface area contributed by atoms with Crippen LogP contribution in [0.2, 0.25) is 0 Å². The van der Waals surface area contributed by atoms with Crippen molar-refractivity contribution >= 4 is 63.3 Å². The molecule has 0 spiro atoms. The van der Waals surface area contributed by atoms with Gasteiger partial charge in [0.1, 0.15) is 22.4 Å². The van der Waals surface area contributed by atoms with Crippen LogP contribution in [-0.4, -0.2) is 103 Å². The van der Waals surface area contributed by atoms with Crippen LogP contribution in [0.3, 0.4) is 0 Å². The third-order valence-corrected chi connectivity index (χ3v) is 20.5. The van der Waals surface area contributed by atoms with Gasteiger partial charge < -0.3 is 40.0 Å². The van der Waals surface area contributed by atoms with Crippen LogP contribution in [0.1, 0.15) is 270 Å². The zero-order chi connectivity index (χ0) is 79.8. The van der Waals surface area contributed by atoms with Gasteiger partial charge in [0.25, 0.3) is 0 Å². The predicted molar refractivity (Wildman–Crippen MR) is 418 cm³/mol. The molecule has 12 atom stereocenters. The number of carbonyl (C=O) groups is 7. The van der Waals surface area contributed by atoms with Gasteiger partial charge in [-0.1, -0.05) is 177 Å². The maximum absolute atomic E-state index is 11.5. The van der Waals surface area contributed by atoms with Crippen LogP contribution in [0.15, 0.2) is 133 Å². The van der Waals surface area contributed by atoms with Gasteiger partial charge >= 0.3 is 65.4 Å². The van der Waals surface area contributed by atoms with E-state index in [2.05, 4.69) is 155 Å². The minimum absolute atomic E-state index is 0. The van der Waals surface area contributed by atoms with Crippen molar-refractivity contribution in [1.82, 2.24) is 10.3 Å². The van der Waals surface area contributed by atoms with Gasteiger partial charge in [-0.3, -0.25) is 38.5 Å². The number of methoxy groups -OCH3 is 1. The zero-order valence-electron chi connectivity index (χ0n) is 67.3. The van der Waals surface area contributed by atoms with Crippen LogP contribution in [0.25, 0.3) is 0 Å². The number of hydrogen-bond acceptors (Lipinski definition) is 16. The molecule has 3 aromatic carbocycles. The molecule has 22 heteroatoms. The number of carbonyl (C=O) groups excluding carboxylic acids is 5.